The SMILES string of the molecule is Cc1nn(C)cc1S(=O)(=O)NCC(C)Cn1cc(Cl)cn1. The number of nitrogens with zero attached hydrogens (tertiary/aromatic N) is 4. The van der Waals surface area contributed by atoms with E-state index in [-0.39, 0.29) is 10.8 Å². The van der Waals surface area contributed by atoms with E-state index in [0.29, 0.717) is 23.8 Å². The second-order valence-corrected chi connectivity index (χ2v) is 7.26. The summed E-state index contributed by atoms with van der Waals surface area (Å²) in [6.07, 6.45) is 4.75. The Kier molecular flexibility index (Phi) is 4.70. The molecule has 0 radical (unpaired) electrons. The lowest BCUT2D eigenvalue weighted by atomic mass is 10.2. The fraction of sp³-hybridized carbons (Fsp3) is 0.500. The molecular weight excluding hydrogens is 314 g/mol. The molecule has 0 aliphatic heterocycles. The molecule has 21 heavy (non-hydrogen) atoms. The minimum atomic E-state index is -3.54. The molecule has 2 rings (SSSR count). The van der Waals surface area contributed by atoms with Gasteiger partial charge in [-0.15, -0.1) is 0 Å². The van der Waals surface area contributed by atoms with E-state index in [1.54, 1.807) is 31.0 Å². The highest BCUT2D eigenvalue weighted by molar-refractivity contribution is 7.89. The lowest BCUT2D eigenvalue weighted by molar-refractivity contribution is 0.443. The van der Waals surface area contributed by atoms with Gasteiger partial charge < -0.3 is 0 Å². The van der Waals surface area contributed by atoms with Gasteiger partial charge in [0.05, 0.1) is 16.9 Å². The highest BCUT2D eigenvalue weighted by atomic mass is 35.5. The van der Waals surface area contributed by atoms with Crippen molar-refractivity contribution in [1.29, 1.82) is 0 Å². The van der Waals surface area contributed by atoms with E-state index < -0.39 is 10.0 Å². The lowest BCUT2D eigenvalue weighted by Gasteiger charge is -2.12. The van der Waals surface area contributed by atoms with Crippen LogP contribution in [0.15, 0.2) is 23.5 Å². The van der Waals surface area contributed by atoms with Crippen molar-refractivity contribution in [3.63, 3.8) is 0 Å². The summed E-state index contributed by atoms with van der Waals surface area (Å²) in [5.74, 6) is 0.0766. The summed E-state index contributed by atoms with van der Waals surface area (Å²) in [7, 11) is -1.85. The molecule has 0 bridgehead atoms. The van der Waals surface area contributed by atoms with Crippen LogP contribution in [-0.4, -0.2) is 34.5 Å². The minimum absolute atomic E-state index is 0.0766. The number of rotatable bonds is 6. The minimum Gasteiger partial charge on any atom is -0.274 e. The number of sulfonamides is 1. The Bertz CT molecular complexity index is 722. The van der Waals surface area contributed by atoms with Gasteiger partial charge in [0, 0.05) is 32.5 Å². The molecule has 0 aromatic carbocycles. The van der Waals surface area contributed by atoms with Gasteiger partial charge in [-0.25, -0.2) is 13.1 Å². The highest BCUT2D eigenvalue weighted by Crippen LogP contribution is 2.13. The molecule has 2 aromatic rings. The molecule has 0 spiro atoms. The second kappa shape index (κ2) is 6.17. The average Bonchev–Trinajstić information content (AvgIpc) is 2.93. The summed E-state index contributed by atoms with van der Waals surface area (Å²) < 4.78 is 30.2. The number of aromatic nitrogens is 4. The van der Waals surface area contributed by atoms with Gasteiger partial charge in [0.25, 0.3) is 0 Å². The molecule has 0 aliphatic carbocycles. The fourth-order valence-electron chi connectivity index (χ4n) is 1.99. The van der Waals surface area contributed by atoms with E-state index in [0.717, 1.165) is 0 Å². The Morgan fingerprint density at radius 3 is 2.67 bits per heavy atom. The van der Waals surface area contributed by atoms with Crippen LogP contribution in [0.25, 0.3) is 0 Å². The molecule has 2 heterocycles. The van der Waals surface area contributed by atoms with Crippen LogP contribution in [-0.2, 0) is 23.6 Å². The van der Waals surface area contributed by atoms with E-state index in [9.17, 15) is 8.42 Å². The van der Waals surface area contributed by atoms with Gasteiger partial charge in [0.15, 0.2) is 0 Å². The Balaban J connectivity index is 1.97. The lowest BCUT2D eigenvalue weighted by Crippen LogP contribution is -2.30. The van der Waals surface area contributed by atoms with Crippen LogP contribution in [0.2, 0.25) is 5.02 Å². The van der Waals surface area contributed by atoms with Crippen molar-refractivity contribution in [2.24, 2.45) is 13.0 Å². The van der Waals surface area contributed by atoms with E-state index in [2.05, 4.69) is 14.9 Å². The number of halogens is 1. The molecule has 2 aromatic heterocycles. The summed E-state index contributed by atoms with van der Waals surface area (Å²) in [4.78, 5) is 0.208. The van der Waals surface area contributed by atoms with Crippen LogP contribution in [0.3, 0.4) is 0 Å². The van der Waals surface area contributed by atoms with E-state index in [1.165, 1.54) is 10.9 Å². The molecule has 0 aliphatic rings. The van der Waals surface area contributed by atoms with E-state index in [1.807, 2.05) is 6.92 Å². The quantitative estimate of drug-likeness (QED) is 0.862. The number of hydrogen-bond acceptors (Lipinski definition) is 4. The molecule has 1 N–H and O–H groups in total. The van der Waals surface area contributed by atoms with Gasteiger partial charge >= 0.3 is 0 Å². The third kappa shape index (κ3) is 4.05. The van der Waals surface area contributed by atoms with E-state index >= 15 is 0 Å². The third-order valence-electron chi connectivity index (χ3n) is 2.98. The number of nitrogens with one attached hydrogen (secondary N) is 1. The van der Waals surface area contributed by atoms with Gasteiger partial charge in [-0.2, -0.15) is 10.2 Å². The third-order valence-corrected chi connectivity index (χ3v) is 4.70. The first-order valence-electron chi connectivity index (χ1n) is 6.46. The average molecular weight is 332 g/mol. The molecule has 0 saturated heterocycles. The zero-order chi connectivity index (χ0) is 15.6. The summed E-state index contributed by atoms with van der Waals surface area (Å²) in [5.41, 5.74) is 0.483. The van der Waals surface area contributed by atoms with Crippen LogP contribution >= 0.6 is 11.6 Å². The van der Waals surface area contributed by atoms with Crippen molar-refractivity contribution in [3.8, 4) is 0 Å². The Morgan fingerprint density at radius 1 is 1.43 bits per heavy atom. The van der Waals surface area contributed by atoms with Gasteiger partial charge in [-0.05, 0) is 12.8 Å². The van der Waals surface area contributed by atoms with Crippen molar-refractivity contribution in [1.82, 2.24) is 24.3 Å². The smallest absolute Gasteiger partial charge is 0.243 e. The Morgan fingerprint density at radius 2 is 2.14 bits per heavy atom. The Hall–Kier alpha value is -1.38. The predicted molar refractivity (Wildman–Crippen MR) is 79.5 cm³/mol. The predicted octanol–water partition coefficient (Wildman–Crippen LogP) is 1.19. The molecule has 116 valence electrons. The van der Waals surface area contributed by atoms with Gasteiger partial charge in [-0.1, -0.05) is 18.5 Å². The monoisotopic (exact) mass is 331 g/mol. The maximum absolute atomic E-state index is 12.2. The zero-order valence-electron chi connectivity index (χ0n) is 12.1. The maximum Gasteiger partial charge on any atom is 0.243 e. The van der Waals surface area contributed by atoms with E-state index in [4.69, 9.17) is 11.6 Å². The summed E-state index contributed by atoms with van der Waals surface area (Å²) in [6.45, 7) is 4.51. The van der Waals surface area contributed by atoms with Crippen LogP contribution in [0, 0.1) is 12.8 Å². The van der Waals surface area contributed by atoms with Crippen molar-refractivity contribution in [3.05, 3.63) is 29.3 Å². The van der Waals surface area contributed by atoms with Gasteiger partial charge in [-0.3, -0.25) is 9.36 Å². The first kappa shape index (κ1) is 16.0. The highest BCUT2D eigenvalue weighted by Gasteiger charge is 2.20. The van der Waals surface area contributed by atoms with Crippen LogP contribution < -0.4 is 4.72 Å². The van der Waals surface area contributed by atoms with Crippen molar-refractivity contribution < 1.29 is 8.42 Å². The topological polar surface area (TPSA) is 81.8 Å². The molecule has 0 saturated carbocycles. The second-order valence-electron chi connectivity index (χ2n) is 5.09. The zero-order valence-corrected chi connectivity index (χ0v) is 13.7. The van der Waals surface area contributed by atoms with Crippen LogP contribution in [0.4, 0.5) is 0 Å². The number of aryl methyl sites for hydroxylation is 2. The molecule has 1 atom stereocenters. The Labute approximate surface area is 129 Å². The molecule has 7 nitrogen and oxygen atoms in total. The molecule has 0 amide bonds. The molecular formula is C12H18ClN5O2S. The normalized spacial score (nSPS) is 13.5. The van der Waals surface area contributed by atoms with Gasteiger partial charge in [0.1, 0.15) is 4.90 Å². The first-order chi connectivity index (χ1) is 9.78. The standard InChI is InChI=1S/C12H18ClN5O2S/c1-9(6-18-7-11(13)5-14-18)4-15-21(19,20)12-8-17(3)16-10(12)2/h5,7-9,15H,4,6H2,1-3H3. The fourth-order valence-corrected chi connectivity index (χ4v) is 3.53. The largest absolute Gasteiger partial charge is 0.274 e. The molecule has 0 fully saturated rings. The first-order valence-corrected chi connectivity index (χ1v) is 8.32. The number of hydrogen-bond donors (Lipinski definition) is 1. The summed E-state index contributed by atoms with van der Waals surface area (Å²) in [5, 5.41) is 8.68. The summed E-state index contributed by atoms with van der Waals surface area (Å²) in [6, 6.07) is 0. The van der Waals surface area contributed by atoms with Crippen molar-refractivity contribution in [2.75, 3.05) is 6.54 Å². The molecule has 1 unspecified atom stereocenters. The van der Waals surface area contributed by atoms with Gasteiger partial charge in [0.2, 0.25) is 10.0 Å². The van der Waals surface area contributed by atoms with Crippen LogP contribution in [0.1, 0.15) is 12.6 Å². The van der Waals surface area contributed by atoms with Crippen molar-refractivity contribution in [2.45, 2.75) is 25.3 Å². The van der Waals surface area contributed by atoms with Crippen LogP contribution in [0.5, 0.6) is 0 Å². The molecule has 9 heteroatoms. The van der Waals surface area contributed by atoms with Crippen molar-refractivity contribution >= 4 is 21.6 Å². The summed E-state index contributed by atoms with van der Waals surface area (Å²) >= 11 is 5.79. The maximum atomic E-state index is 12.2.